The van der Waals surface area contributed by atoms with Gasteiger partial charge in [-0.25, -0.2) is 0 Å². The van der Waals surface area contributed by atoms with Gasteiger partial charge >= 0.3 is 0 Å². The van der Waals surface area contributed by atoms with Crippen molar-refractivity contribution in [2.45, 2.75) is 12.6 Å². The van der Waals surface area contributed by atoms with Crippen LogP contribution in [0.2, 0.25) is 0 Å². The van der Waals surface area contributed by atoms with Crippen molar-refractivity contribution in [2.75, 3.05) is 20.6 Å². The molecular formula is C19H22N2O. The molecule has 3 nitrogen and oxygen atoms in total. The van der Waals surface area contributed by atoms with Crippen molar-refractivity contribution in [3.8, 4) is 0 Å². The smallest absolute Gasteiger partial charge is 0.134 e. The largest absolute Gasteiger partial charge is 0.460 e. The fourth-order valence-electron chi connectivity index (χ4n) is 2.69. The minimum Gasteiger partial charge on any atom is -0.460 e. The van der Waals surface area contributed by atoms with Crippen LogP contribution in [0.25, 0.3) is 11.0 Å². The summed E-state index contributed by atoms with van der Waals surface area (Å²) in [7, 11) is 4.19. The number of nitrogens with zero attached hydrogens (tertiary/aromatic N) is 1. The summed E-state index contributed by atoms with van der Waals surface area (Å²) in [5.74, 6) is 0.973. The second kappa shape index (κ2) is 6.77. The molecule has 0 amide bonds. The molecule has 0 aliphatic rings. The Bertz CT molecular complexity index is 685. The van der Waals surface area contributed by atoms with E-state index in [1.807, 2.05) is 18.2 Å². The number of hydrogen-bond acceptors (Lipinski definition) is 3. The van der Waals surface area contributed by atoms with Gasteiger partial charge in [0.2, 0.25) is 0 Å². The van der Waals surface area contributed by atoms with Crippen molar-refractivity contribution in [3.05, 3.63) is 72.0 Å². The van der Waals surface area contributed by atoms with Crippen LogP contribution in [0, 0.1) is 0 Å². The van der Waals surface area contributed by atoms with Crippen LogP contribution in [0.5, 0.6) is 0 Å². The first-order chi connectivity index (χ1) is 10.7. The molecule has 0 aliphatic heterocycles. The predicted molar refractivity (Wildman–Crippen MR) is 90.8 cm³/mol. The number of rotatable bonds is 6. The lowest BCUT2D eigenvalue weighted by Crippen LogP contribution is -2.30. The molecule has 1 atom stereocenters. The van der Waals surface area contributed by atoms with Crippen molar-refractivity contribution in [2.24, 2.45) is 0 Å². The first-order valence-electron chi connectivity index (χ1n) is 7.63. The SMILES string of the molecule is CN(C)CC(NCc1cc2ccccc2o1)c1ccccc1. The fourth-order valence-corrected chi connectivity index (χ4v) is 2.69. The maximum absolute atomic E-state index is 5.88. The second-order valence-electron chi connectivity index (χ2n) is 5.86. The molecule has 1 heterocycles. The minimum absolute atomic E-state index is 0.282. The van der Waals surface area contributed by atoms with E-state index in [1.54, 1.807) is 0 Å². The quantitative estimate of drug-likeness (QED) is 0.749. The maximum atomic E-state index is 5.88. The topological polar surface area (TPSA) is 28.4 Å². The Hall–Kier alpha value is -2.10. The average molecular weight is 294 g/mol. The molecule has 3 aromatic rings. The minimum atomic E-state index is 0.282. The van der Waals surface area contributed by atoms with E-state index in [1.165, 1.54) is 5.56 Å². The Labute approximate surface area is 131 Å². The molecule has 3 heteroatoms. The summed E-state index contributed by atoms with van der Waals surface area (Å²) in [6, 6.07) is 21.1. The zero-order chi connectivity index (χ0) is 15.4. The molecular weight excluding hydrogens is 272 g/mol. The van der Waals surface area contributed by atoms with Crippen LogP contribution in [0.4, 0.5) is 0 Å². The molecule has 0 saturated carbocycles. The molecule has 1 N–H and O–H groups in total. The number of fused-ring (bicyclic) bond motifs is 1. The molecule has 114 valence electrons. The van der Waals surface area contributed by atoms with Gasteiger partial charge in [0.15, 0.2) is 0 Å². The molecule has 2 aromatic carbocycles. The Morgan fingerprint density at radius 2 is 1.73 bits per heavy atom. The number of benzene rings is 2. The van der Waals surface area contributed by atoms with Crippen LogP contribution in [0.15, 0.2) is 65.1 Å². The van der Waals surface area contributed by atoms with E-state index >= 15 is 0 Å². The van der Waals surface area contributed by atoms with Crippen LogP contribution in [-0.4, -0.2) is 25.5 Å². The number of nitrogens with one attached hydrogen (secondary N) is 1. The molecule has 0 bridgehead atoms. The normalized spacial score (nSPS) is 12.9. The molecule has 0 aliphatic carbocycles. The van der Waals surface area contributed by atoms with Gasteiger partial charge in [0.1, 0.15) is 11.3 Å². The molecule has 1 unspecified atom stereocenters. The zero-order valence-corrected chi connectivity index (χ0v) is 13.1. The van der Waals surface area contributed by atoms with Gasteiger partial charge in [-0.1, -0.05) is 48.5 Å². The summed E-state index contributed by atoms with van der Waals surface area (Å²) in [5, 5.41) is 4.76. The Morgan fingerprint density at radius 1 is 1.00 bits per heavy atom. The first-order valence-corrected chi connectivity index (χ1v) is 7.63. The number of hydrogen-bond donors (Lipinski definition) is 1. The standard InChI is InChI=1S/C19H22N2O/c1-21(2)14-18(15-8-4-3-5-9-15)20-13-17-12-16-10-6-7-11-19(16)22-17/h3-12,18,20H,13-14H2,1-2H3. The molecule has 22 heavy (non-hydrogen) atoms. The molecule has 0 radical (unpaired) electrons. The Morgan fingerprint density at radius 3 is 2.45 bits per heavy atom. The van der Waals surface area contributed by atoms with E-state index in [0.29, 0.717) is 0 Å². The third kappa shape index (κ3) is 3.56. The van der Waals surface area contributed by atoms with Gasteiger partial charge in [0.05, 0.1) is 6.54 Å². The number of furan rings is 1. The highest BCUT2D eigenvalue weighted by atomic mass is 16.3. The van der Waals surface area contributed by atoms with Gasteiger partial charge in [-0.2, -0.15) is 0 Å². The van der Waals surface area contributed by atoms with Gasteiger partial charge in [-0.15, -0.1) is 0 Å². The Kier molecular flexibility index (Phi) is 4.56. The highest BCUT2D eigenvalue weighted by Gasteiger charge is 2.13. The lowest BCUT2D eigenvalue weighted by molar-refractivity contribution is 0.334. The van der Waals surface area contributed by atoms with Crippen LogP contribution in [0.1, 0.15) is 17.4 Å². The van der Waals surface area contributed by atoms with Crippen molar-refractivity contribution >= 4 is 11.0 Å². The van der Waals surface area contributed by atoms with Gasteiger partial charge in [-0.05, 0) is 31.8 Å². The van der Waals surface area contributed by atoms with E-state index in [0.717, 1.165) is 29.8 Å². The summed E-state index contributed by atoms with van der Waals surface area (Å²) >= 11 is 0. The second-order valence-corrected chi connectivity index (χ2v) is 5.86. The maximum Gasteiger partial charge on any atom is 0.134 e. The third-order valence-electron chi connectivity index (χ3n) is 3.75. The van der Waals surface area contributed by atoms with Crippen LogP contribution in [-0.2, 0) is 6.54 Å². The van der Waals surface area contributed by atoms with Crippen molar-refractivity contribution in [1.82, 2.24) is 10.2 Å². The van der Waals surface area contributed by atoms with Gasteiger partial charge in [0.25, 0.3) is 0 Å². The average Bonchev–Trinajstić information content (AvgIpc) is 2.95. The van der Waals surface area contributed by atoms with E-state index in [4.69, 9.17) is 4.42 Å². The first kappa shape index (κ1) is 14.8. The third-order valence-corrected chi connectivity index (χ3v) is 3.75. The van der Waals surface area contributed by atoms with Crippen LogP contribution in [0.3, 0.4) is 0 Å². The highest BCUT2D eigenvalue weighted by Crippen LogP contribution is 2.20. The van der Waals surface area contributed by atoms with Crippen molar-refractivity contribution in [3.63, 3.8) is 0 Å². The van der Waals surface area contributed by atoms with Gasteiger partial charge in [0, 0.05) is 18.0 Å². The zero-order valence-electron chi connectivity index (χ0n) is 13.1. The summed E-state index contributed by atoms with van der Waals surface area (Å²) in [5.41, 5.74) is 2.25. The lowest BCUT2D eigenvalue weighted by Gasteiger charge is -2.22. The van der Waals surface area contributed by atoms with E-state index in [-0.39, 0.29) is 6.04 Å². The molecule has 0 saturated heterocycles. The number of para-hydroxylation sites is 1. The van der Waals surface area contributed by atoms with E-state index in [2.05, 4.69) is 66.8 Å². The predicted octanol–water partition coefficient (Wildman–Crippen LogP) is 3.83. The Balaban J connectivity index is 1.73. The van der Waals surface area contributed by atoms with Gasteiger partial charge in [-0.3, -0.25) is 0 Å². The van der Waals surface area contributed by atoms with E-state index < -0.39 is 0 Å². The van der Waals surface area contributed by atoms with Crippen LogP contribution < -0.4 is 5.32 Å². The molecule has 0 spiro atoms. The monoisotopic (exact) mass is 294 g/mol. The van der Waals surface area contributed by atoms with Crippen molar-refractivity contribution < 1.29 is 4.42 Å². The molecule has 3 rings (SSSR count). The lowest BCUT2D eigenvalue weighted by atomic mass is 10.1. The van der Waals surface area contributed by atoms with Crippen LogP contribution >= 0.6 is 0 Å². The molecule has 0 fully saturated rings. The van der Waals surface area contributed by atoms with Crippen molar-refractivity contribution in [1.29, 1.82) is 0 Å². The summed E-state index contributed by atoms with van der Waals surface area (Å²) in [6.07, 6.45) is 0. The van der Waals surface area contributed by atoms with Gasteiger partial charge < -0.3 is 14.6 Å². The summed E-state index contributed by atoms with van der Waals surface area (Å²) in [6.45, 7) is 1.67. The number of likely N-dealkylation sites (N-methyl/N-ethyl adjacent to an activating group) is 1. The summed E-state index contributed by atoms with van der Waals surface area (Å²) in [4.78, 5) is 2.20. The summed E-state index contributed by atoms with van der Waals surface area (Å²) < 4.78 is 5.88. The van der Waals surface area contributed by atoms with E-state index in [9.17, 15) is 0 Å². The molecule has 1 aromatic heterocycles. The fraction of sp³-hybridized carbons (Fsp3) is 0.263. The highest BCUT2D eigenvalue weighted by molar-refractivity contribution is 5.77.